The summed E-state index contributed by atoms with van der Waals surface area (Å²) in [4.78, 5) is 17.1. The molecule has 0 heterocycles. The van der Waals surface area contributed by atoms with E-state index in [0.717, 1.165) is 13.6 Å². The van der Waals surface area contributed by atoms with E-state index in [-0.39, 0.29) is 5.91 Å². The molecule has 0 aliphatic carbocycles. The van der Waals surface area contributed by atoms with Crippen molar-refractivity contribution in [2.24, 2.45) is 0 Å². The molecule has 0 saturated carbocycles. The van der Waals surface area contributed by atoms with Crippen LogP contribution in [0, 0.1) is 3.57 Å². The Balaban J connectivity index is 1.93. The fraction of sp³-hybridized carbons (Fsp3) is 0.0714. The maximum atomic E-state index is 11.9. The lowest BCUT2D eigenvalue weighted by atomic mass is 10.2. The number of amides is 1. The number of rotatable bonds is 4. The van der Waals surface area contributed by atoms with Crippen LogP contribution in [0.15, 0.2) is 53.0 Å². The molecule has 2 rings (SSSR count). The minimum atomic E-state index is -0.263. The zero-order valence-electron chi connectivity index (χ0n) is 9.90. The lowest BCUT2D eigenvalue weighted by molar-refractivity contribution is 0.0233. The van der Waals surface area contributed by atoms with Crippen molar-refractivity contribution in [1.29, 1.82) is 0 Å². The fourth-order valence-corrected chi connectivity index (χ4v) is 2.40. The van der Waals surface area contributed by atoms with E-state index in [4.69, 9.17) is 4.84 Å². The first-order valence-corrected chi connectivity index (χ1v) is 7.45. The molecule has 0 atom stereocenters. The van der Waals surface area contributed by atoms with Gasteiger partial charge in [0.25, 0.3) is 5.91 Å². The van der Waals surface area contributed by atoms with Crippen LogP contribution < -0.4 is 5.48 Å². The monoisotopic (exact) mass is 431 g/mol. The fourth-order valence-electron chi connectivity index (χ4n) is 1.49. The van der Waals surface area contributed by atoms with Crippen molar-refractivity contribution in [3.8, 4) is 0 Å². The van der Waals surface area contributed by atoms with E-state index < -0.39 is 0 Å². The highest BCUT2D eigenvalue weighted by Crippen LogP contribution is 2.19. The molecule has 1 amide bonds. The van der Waals surface area contributed by atoms with Crippen LogP contribution >= 0.6 is 38.5 Å². The number of hydrogen-bond acceptors (Lipinski definition) is 2. The molecule has 0 aromatic heterocycles. The molecule has 19 heavy (non-hydrogen) atoms. The van der Waals surface area contributed by atoms with Gasteiger partial charge in [-0.25, -0.2) is 5.48 Å². The second-order valence-corrected chi connectivity index (χ2v) is 5.93. The van der Waals surface area contributed by atoms with Crippen molar-refractivity contribution in [3.05, 3.63) is 67.7 Å². The van der Waals surface area contributed by atoms with Gasteiger partial charge in [-0.3, -0.25) is 9.63 Å². The quantitative estimate of drug-likeness (QED) is 0.588. The second-order valence-electron chi connectivity index (χ2n) is 3.83. The van der Waals surface area contributed by atoms with Gasteiger partial charge in [-0.05, 0) is 62.3 Å². The van der Waals surface area contributed by atoms with E-state index in [2.05, 4.69) is 44.0 Å². The van der Waals surface area contributed by atoms with E-state index in [1.807, 2.05) is 42.5 Å². The minimum Gasteiger partial charge on any atom is -0.269 e. The summed E-state index contributed by atoms with van der Waals surface area (Å²) in [6, 6.07) is 15.2. The Kier molecular flexibility index (Phi) is 5.35. The van der Waals surface area contributed by atoms with Crippen molar-refractivity contribution in [2.45, 2.75) is 6.61 Å². The van der Waals surface area contributed by atoms with Gasteiger partial charge in [-0.1, -0.05) is 30.3 Å². The van der Waals surface area contributed by atoms with Gasteiger partial charge >= 0.3 is 0 Å². The molecule has 98 valence electrons. The third-order valence-corrected chi connectivity index (χ3v) is 3.78. The highest BCUT2D eigenvalue weighted by Gasteiger charge is 2.10. The van der Waals surface area contributed by atoms with Crippen LogP contribution in [0.4, 0.5) is 0 Å². The zero-order chi connectivity index (χ0) is 13.7. The molecule has 0 radical (unpaired) electrons. The van der Waals surface area contributed by atoms with Crippen LogP contribution in [0.3, 0.4) is 0 Å². The first-order chi connectivity index (χ1) is 9.16. The Morgan fingerprint density at radius 1 is 1.21 bits per heavy atom. The summed E-state index contributed by atoms with van der Waals surface area (Å²) < 4.78 is 1.74. The first-order valence-electron chi connectivity index (χ1n) is 5.58. The molecule has 0 aliphatic heterocycles. The standard InChI is InChI=1S/C14H11BrINO2/c15-13-7-6-11(16)8-12(13)14(18)17-19-9-10-4-2-1-3-5-10/h1-8H,9H2,(H,17,18). The molecule has 0 bridgehead atoms. The molecule has 1 N–H and O–H groups in total. The van der Waals surface area contributed by atoms with E-state index in [0.29, 0.717) is 12.2 Å². The summed E-state index contributed by atoms with van der Waals surface area (Å²) >= 11 is 5.51. The van der Waals surface area contributed by atoms with Crippen LogP contribution in [0.2, 0.25) is 0 Å². The third-order valence-electron chi connectivity index (χ3n) is 2.42. The lowest BCUT2D eigenvalue weighted by Gasteiger charge is -2.07. The highest BCUT2D eigenvalue weighted by atomic mass is 127. The zero-order valence-corrected chi connectivity index (χ0v) is 13.6. The summed E-state index contributed by atoms with van der Waals surface area (Å²) in [7, 11) is 0. The molecule has 2 aromatic carbocycles. The average Bonchev–Trinajstić information content (AvgIpc) is 2.42. The van der Waals surface area contributed by atoms with Gasteiger partial charge in [-0.2, -0.15) is 0 Å². The molecule has 0 unspecified atom stereocenters. The van der Waals surface area contributed by atoms with Gasteiger partial charge in [0.15, 0.2) is 0 Å². The summed E-state index contributed by atoms with van der Waals surface area (Å²) in [6.07, 6.45) is 0. The van der Waals surface area contributed by atoms with Gasteiger partial charge in [-0.15, -0.1) is 0 Å². The molecular formula is C14H11BrINO2. The van der Waals surface area contributed by atoms with Crippen LogP contribution in [0.5, 0.6) is 0 Å². The van der Waals surface area contributed by atoms with Crippen molar-refractivity contribution >= 4 is 44.4 Å². The van der Waals surface area contributed by atoms with E-state index in [1.165, 1.54) is 0 Å². The number of carbonyl (C=O) groups is 1. The number of carbonyl (C=O) groups excluding carboxylic acids is 1. The minimum absolute atomic E-state index is 0.263. The van der Waals surface area contributed by atoms with Crippen molar-refractivity contribution < 1.29 is 9.63 Å². The largest absolute Gasteiger partial charge is 0.276 e. The van der Waals surface area contributed by atoms with E-state index >= 15 is 0 Å². The highest BCUT2D eigenvalue weighted by molar-refractivity contribution is 14.1. The van der Waals surface area contributed by atoms with Crippen LogP contribution in [-0.4, -0.2) is 5.91 Å². The normalized spacial score (nSPS) is 10.2. The second kappa shape index (κ2) is 7.02. The summed E-state index contributed by atoms with van der Waals surface area (Å²) in [5.74, 6) is -0.263. The van der Waals surface area contributed by atoms with Gasteiger partial charge in [0, 0.05) is 8.04 Å². The van der Waals surface area contributed by atoms with E-state index in [1.54, 1.807) is 6.07 Å². The van der Waals surface area contributed by atoms with Crippen molar-refractivity contribution in [2.75, 3.05) is 0 Å². The third kappa shape index (κ3) is 4.29. The topological polar surface area (TPSA) is 38.3 Å². The molecule has 3 nitrogen and oxygen atoms in total. The number of halogens is 2. The van der Waals surface area contributed by atoms with Gasteiger partial charge in [0.1, 0.15) is 0 Å². The Morgan fingerprint density at radius 3 is 2.68 bits per heavy atom. The number of hydrogen-bond donors (Lipinski definition) is 1. The van der Waals surface area contributed by atoms with Gasteiger partial charge < -0.3 is 0 Å². The number of benzene rings is 2. The van der Waals surface area contributed by atoms with Crippen molar-refractivity contribution in [1.82, 2.24) is 5.48 Å². The summed E-state index contributed by atoms with van der Waals surface area (Å²) in [6.45, 7) is 0.341. The molecule has 0 spiro atoms. The first kappa shape index (κ1) is 14.5. The molecule has 5 heteroatoms. The van der Waals surface area contributed by atoms with Crippen LogP contribution in [0.1, 0.15) is 15.9 Å². The molecule has 0 fully saturated rings. The van der Waals surface area contributed by atoms with Crippen LogP contribution in [-0.2, 0) is 11.4 Å². The summed E-state index contributed by atoms with van der Waals surface area (Å²) in [5.41, 5.74) is 4.00. The van der Waals surface area contributed by atoms with Crippen LogP contribution in [0.25, 0.3) is 0 Å². The van der Waals surface area contributed by atoms with Gasteiger partial charge in [0.2, 0.25) is 0 Å². The predicted molar refractivity (Wildman–Crippen MR) is 85.6 cm³/mol. The molecular weight excluding hydrogens is 421 g/mol. The Morgan fingerprint density at radius 2 is 1.95 bits per heavy atom. The average molecular weight is 432 g/mol. The Hall–Kier alpha value is -0.920. The SMILES string of the molecule is O=C(NOCc1ccccc1)c1cc(I)ccc1Br. The Labute approximate surface area is 133 Å². The lowest BCUT2D eigenvalue weighted by Crippen LogP contribution is -2.24. The number of hydroxylamine groups is 1. The predicted octanol–water partition coefficient (Wildman–Crippen LogP) is 3.92. The maximum Gasteiger partial charge on any atom is 0.276 e. The molecule has 2 aromatic rings. The Bertz CT molecular complexity index is 575. The maximum absolute atomic E-state index is 11.9. The van der Waals surface area contributed by atoms with Crippen molar-refractivity contribution in [3.63, 3.8) is 0 Å². The molecule has 0 aliphatic rings. The molecule has 0 saturated heterocycles. The van der Waals surface area contributed by atoms with E-state index in [9.17, 15) is 4.79 Å². The smallest absolute Gasteiger partial charge is 0.269 e. The summed E-state index contributed by atoms with van der Waals surface area (Å²) in [5, 5.41) is 0. The number of nitrogens with one attached hydrogen (secondary N) is 1. The van der Waals surface area contributed by atoms with Gasteiger partial charge in [0.05, 0.1) is 12.2 Å².